The highest BCUT2D eigenvalue weighted by molar-refractivity contribution is 14.0. The van der Waals surface area contributed by atoms with E-state index < -0.39 is 0 Å². The van der Waals surface area contributed by atoms with Crippen molar-refractivity contribution in [3.63, 3.8) is 0 Å². The number of aliphatic imine (C=N–C) groups is 1. The van der Waals surface area contributed by atoms with Gasteiger partial charge in [-0.05, 0) is 30.2 Å². The Morgan fingerprint density at radius 2 is 1.72 bits per heavy atom. The summed E-state index contributed by atoms with van der Waals surface area (Å²) in [6, 6.07) is 20.5. The maximum atomic E-state index is 4.66. The fourth-order valence-electron chi connectivity index (χ4n) is 2.58. The van der Waals surface area contributed by atoms with E-state index in [0.29, 0.717) is 13.1 Å². The number of halogens is 1. The zero-order valence-corrected chi connectivity index (χ0v) is 16.6. The van der Waals surface area contributed by atoms with Crippen molar-refractivity contribution in [1.82, 2.24) is 15.6 Å². The summed E-state index contributed by atoms with van der Waals surface area (Å²) in [5.74, 6) is 0.822. The van der Waals surface area contributed by atoms with E-state index >= 15 is 0 Å². The van der Waals surface area contributed by atoms with Crippen LogP contribution in [-0.4, -0.2) is 17.5 Å². The van der Waals surface area contributed by atoms with Gasteiger partial charge in [0.25, 0.3) is 0 Å². The Morgan fingerprint density at radius 1 is 0.960 bits per heavy atom. The Bertz CT molecular complexity index is 813. The number of nitrogens with zero attached hydrogens (tertiary/aromatic N) is 2. The van der Waals surface area contributed by atoms with E-state index in [0.717, 1.165) is 18.0 Å². The highest BCUT2D eigenvalue weighted by atomic mass is 127. The minimum atomic E-state index is 0. The SMILES string of the molecule is CCNC(=NCc1ccccc1)NCc1ccnc2ccccc12.I. The number of hydrogen-bond acceptors (Lipinski definition) is 2. The Labute approximate surface area is 165 Å². The third-order valence-electron chi connectivity index (χ3n) is 3.79. The lowest BCUT2D eigenvalue weighted by Gasteiger charge is -2.12. The largest absolute Gasteiger partial charge is 0.357 e. The first-order chi connectivity index (χ1) is 11.9. The van der Waals surface area contributed by atoms with Crippen LogP contribution in [0.4, 0.5) is 0 Å². The van der Waals surface area contributed by atoms with E-state index in [1.807, 2.05) is 42.6 Å². The van der Waals surface area contributed by atoms with Crippen molar-refractivity contribution in [3.05, 3.63) is 78.0 Å². The molecule has 1 heterocycles. The number of hydrogen-bond donors (Lipinski definition) is 2. The second-order valence-electron chi connectivity index (χ2n) is 5.52. The molecule has 5 heteroatoms. The topological polar surface area (TPSA) is 49.3 Å². The summed E-state index contributed by atoms with van der Waals surface area (Å²) in [6.45, 7) is 4.27. The molecular weight excluding hydrogens is 423 g/mol. The van der Waals surface area contributed by atoms with Gasteiger partial charge in [0, 0.05) is 24.7 Å². The van der Waals surface area contributed by atoms with Gasteiger partial charge in [-0.15, -0.1) is 24.0 Å². The third-order valence-corrected chi connectivity index (χ3v) is 3.79. The monoisotopic (exact) mass is 446 g/mol. The standard InChI is InChI=1S/C20H22N4.HI/c1-2-21-20(23-14-16-8-4-3-5-9-16)24-15-17-12-13-22-19-11-7-6-10-18(17)19;/h3-13H,2,14-15H2,1H3,(H2,21,23,24);1H. The minimum absolute atomic E-state index is 0. The molecule has 0 unspecified atom stereocenters. The molecule has 0 atom stereocenters. The van der Waals surface area contributed by atoms with E-state index in [1.54, 1.807) is 0 Å². The number of para-hydroxylation sites is 1. The average molecular weight is 446 g/mol. The molecule has 4 nitrogen and oxygen atoms in total. The number of rotatable bonds is 5. The molecule has 0 amide bonds. The predicted octanol–water partition coefficient (Wildman–Crippen LogP) is 4.11. The van der Waals surface area contributed by atoms with Crippen LogP contribution in [0, 0.1) is 0 Å². The summed E-state index contributed by atoms with van der Waals surface area (Å²) >= 11 is 0. The first kappa shape index (κ1) is 19.2. The van der Waals surface area contributed by atoms with Gasteiger partial charge in [-0.3, -0.25) is 4.98 Å². The predicted molar refractivity (Wildman–Crippen MR) is 115 cm³/mol. The molecule has 0 radical (unpaired) electrons. The molecule has 0 spiro atoms. The fourth-order valence-corrected chi connectivity index (χ4v) is 2.58. The van der Waals surface area contributed by atoms with Gasteiger partial charge < -0.3 is 10.6 Å². The van der Waals surface area contributed by atoms with Gasteiger partial charge in [0.2, 0.25) is 0 Å². The number of guanidine groups is 1. The molecule has 0 bridgehead atoms. The van der Waals surface area contributed by atoms with E-state index in [-0.39, 0.29) is 24.0 Å². The molecule has 130 valence electrons. The van der Waals surface area contributed by atoms with Crippen molar-refractivity contribution in [2.75, 3.05) is 6.54 Å². The van der Waals surface area contributed by atoms with Gasteiger partial charge in [-0.25, -0.2) is 4.99 Å². The van der Waals surface area contributed by atoms with Crippen molar-refractivity contribution < 1.29 is 0 Å². The zero-order valence-electron chi connectivity index (χ0n) is 14.3. The molecule has 3 aromatic rings. The van der Waals surface area contributed by atoms with E-state index in [9.17, 15) is 0 Å². The van der Waals surface area contributed by atoms with E-state index in [2.05, 4.69) is 51.8 Å². The molecule has 25 heavy (non-hydrogen) atoms. The third kappa shape index (κ3) is 5.42. The lowest BCUT2D eigenvalue weighted by molar-refractivity contribution is 0.819. The number of nitrogens with one attached hydrogen (secondary N) is 2. The molecule has 2 aromatic carbocycles. The Kier molecular flexibility index (Phi) is 7.66. The zero-order chi connectivity index (χ0) is 16.6. The van der Waals surface area contributed by atoms with Crippen molar-refractivity contribution >= 4 is 40.8 Å². The van der Waals surface area contributed by atoms with Crippen molar-refractivity contribution in [2.45, 2.75) is 20.0 Å². The molecule has 0 saturated carbocycles. The van der Waals surface area contributed by atoms with Crippen molar-refractivity contribution in [2.24, 2.45) is 4.99 Å². The molecule has 0 fully saturated rings. The van der Waals surface area contributed by atoms with Gasteiger partial charge in [-0.2, -0.15) is 0 Å². The van der Waals surface area contributed by atoms with Crippen LogP contribution < -0.4 is 10.6 Å². The van der Waals surface area contributed by atoms with Crippen LogP contribution in [0.25, 0.3) is 10.9 Å². The van der Waals surface area contributed by atoms with Gasteiger partial charge >= 0.3 is 0 Å². The van der Waals surface area contributed by atoms with Gasteiger partial charge in [0.05, 0.1) is 12.1 Å². The first-order valence-corrected chi connectivity index (χ1v) is 8.25. The average Bonchev–Trinajstić information content (AvgIpc) is 2.65. The van der Waals surface area contributed by atoms with Crippen molar-refractivity contribution in [3.8, 4) is 0 Å². The van der Waals surface area contributed by atoms with Crippen LogP contribution in [0.2, 0.25) is 0 Å². The van der Waals surface area contributed by atoms with Crippen molar-refractivity contribution in [1.29, 1.82) is 0 Å². The summed E-state index contributed by atoms with van der Waals surface area (Å²) in [5, 5.41) is 7.88. The molecule has 0 aliphatic rings. The smallest absolute Gasteiger partial charge is 0.191 e. The van der Waals surface area contributed by atoms with E-state index in [1.165, 1.54) is 16.5 Å². The van der Waals surface area contributed by atoms with Crippen LogP contribution in [0.3, 0.4) is 0 Å². The number of aromatic nitrogens is 1. The van der Waals surface area contributed by atoms with Gasteiger partial charge in [-0.1, -0.05) is 48.5 Å². The minimum Gasteiger partial charge on any atom is -0.357 e. The Morgan fingerprint density at radius 3 is 2.52 bits per heavy atom. The number of benzene rings is 2. The van der Waals surface area contributed by atoms with Crippen LogP contribution in [0.1, 0.15) is 18.1 Å². The Balaban J connectivity index is 0.00000225. The maximum Gasteiger partial charge on any atom is 0.191 e. The molecule has 0 aliphatic carbocycles. The quantitative estimate of drug-likeness (QED) is 0.353. The molecule has 2 N–H and O–H groups in total. The highest BCUT2D eigenvalue weighted by Crippen LogP contribution is 2.15. The van der Waals surface area contributed by atoms with Gasteiger partial charge in [0.15, 0.2) is 5.96 Å². The normalized spacial score (nSPS) is 11.0. The lowest BCUT2D eigenvalue weighted by Crippen LogP contribution is -2.36. The van der Waals surface area contributed by atoms with Gasteiger partial charge in [0.1, 0.15) is 0 Å². The molecule has 0 saturated heterocycles. The van der Waals surface area contributed by atoms with Crippen LogP contribution in [-0.2, 0) is 13.1 Å². The second kappa shape index (κ2) is 9.98. The number of pyridine rings is 1. The molecule has 0 aliphatic heterocycles. The summed E-state index contributed by atoms with van der Waals surface area (Å²) in [6.07, 6.45) is 1.85. The second-order valence-corrected chi connectivity index (χ2v) is 5.52. The van der Waals surface area contributed by atoms with Crippen LogP contribution in [0.15, 0.2) is 71.9 Å². The summed E-state index contributed by atoms with van der Waals surface area (Å²) in [4.78, 5) is 9.07. The summed E-state index contributed by atoms with van der Waals surface area (Å²) < 4.78 is 0. The Hall–Kier alpha value is -2.15. The summed E-state index contributed by atoms with van der Waals surface area (Å²) in [5.41, 5.74) is 3.43. The molecule has 3 rings (SSSR count). The van der Waals surface area contributed by atoms with Crippen LogP contribution >= 0.6 is 24.0 Å². The number of fused-ring (bicyclic) bond motifs is 1. The fraction of sp³-hybridized carbons (Fsp3) is 0.200. The summed E-state index contributed by atoms with van der Waals surface area (Å²) in [7, 11) is 0. The first-order valence-electron chi connectivity index (χ1n) is 8.25. The lowest BCUT2D eigenvalue weighted by atomic mass is 10.1. The van der Waals surface area contributed by atoms with Crippen LogP contribution in [0.5, 0.6) is 0 Å². The highest BCUT2D eigenvalue weighted by Gasteiger charge is 2.03. The van der Waals surface area contributed by atoms with E-state index in [4.69, 9.17) is 0 Å². The molecular formula is C20H23IN4. The maximum absolute atomic E-state index is 4.66. The molecule has 1 aromatic heterocycles.